The van der Waals surface area contributed by atoms with Gasteiger partial charge in [-0.15, -0.1) is 5.10 Å². The SMILES string of the molecule is COCCn1nnnc1C(c1cc2c(C)ccc(C)c2[nH]c1=O)N1CCCc2ccccc21. The minimum absolute atomic E-state index is 0.120. The Labute approximate surface area is 192 Å². The Kier molecular flexibility index (Phi) is 5.68. The number of aromatic nitrogens is 5. The van der Waals surface area contributed by atoms with Crippen LogP contribution >= 0.6 is 0 Å². The van der Waals surface area contributed by atoms with Crippen LogP contribution in [0.15, 0.2) is 47.3 Å². The molecule has 1 N–H and O–H groups in total. The van der Waals surface area contributed by atoms with Crippen LogP contribution in [0.1, 0.15) is 40.5 Å². The highest BCUT2D eigenvalue weighted by Crippen LogP contribution is 2.37. The number of fused-ring (bicyclic) bond motifs is 2. The maximum Gasteiger partial charge on any atom is 0.254 e. The molecule has 2 aromatic heterocycles. The van der Waals surface area contributed by atoms with Crippen molar-refractivity contribution in [3.63, 3.8) is 0 Å². The molecule has 2 aromatic carbocycles. The van der Waals surface area contributed by atoms with Gasteiger partial charge in [0.15, 0.2) is 5.82 Å². The Hall–Kier alpha value is -3.52. The third-order valence-corrected chi connectivity index (χ3v) is 6.54. The second kappa shape index (κ2) is 8.78. The highest BCUT2D eigenvalue weighted by atomic mass is 16.5. The summed E-state index contributed by atoms with van der Waals surface area (Å²) in [4.78, 5) is 19.0. The van der Waals surface area contributed by atoms with Gasteiger partial charge in [0.1, 0.15) is 6.04 Å². The van der Waals surface area contributed by atoms with Crippen molar-refractivity contribution in [1.29, 1.82) is 0 Å². The van der Waals surface area contributed by atoms with Crippen molar-refractivity contribution in [2.45, 2.75) is 39.3 Å². The predicted octanol–water partition coefficient (Wildman–Crippen LogP) is 3.32. The summed E-state index contributed by atoms with van der Waals surface area (Å²) in [5.74, 6) is 0.638. The molecule has 170 valence electrons. The summed E-state index contributed by atoms with van der Waals surface area (Å²) in [5, 5.41) is 13.6. The number of rotatable bonds is 6. The van der Waals surface area contributed by atoms with Gasteiger partial charge < -0.3 is 14.6 Å². The van der Waals surface area contributed by atoms with E-state index in [9.17, 15) is 4.79 Å². The number of H-pyrrole nitrogens is 1. The molecule has 8 heteroatoms. The van der Waals surface area contributed by atoms with Gasteiger partial charge in [0.05, 0.1) is 18.7 Å². The number of aryl methyl sites for hydroxylation is 3. The normalized spacial score (nSPS) is 14.5. The van der Waals surface area contributed by atoms with Crippen LogP contribution in [0.4, 0.5) is 5.69 Å². The molecular weight excluding hydrogens is 416 g/mol. The van der Waals surface area contributed by atoms with Crippen molar-refractivity contribution in [2.24, 2.45) is 0 Å². The average molecular weight is 445 g/mol. The molecule has 0 saturated heterocycles. The van der Waals surface area contributed by atoms with Crippen LogP contribution in [-0.4, -0.2) is 45.5 Å². The number of aromatic amines is 1. The second-order valence-electron chi connectivity index (χ2n) is 8.62. The summed E-state index contributed by atoms with van der Waals surface area (Å²) in [6.45, 7) is 5.88. The molecule has 33 heavy (non-hydrogen) atoms. The third-order valence-electron chi connectivity index (χ3n) is 6.54. The van der Waals surface area contributed by atoms with E-state index >= 15 is 0 Å². The summed E-state index contributed by atoms with van der Waals surface area (Å²) >= 11 is 0. The van der Waals surface area contributed by atoms with E-state index in [-0.39, 0.29) is 5.56 Å². The first-order chi connectivity index (χ1) is 16.1. The third kappa shape index (κ3) is 3.80. The predicted molar refractivity (Wildman–Crippen MR) is 128 cm³/mol. The van der Waals surface area contributed by atoms with Crippen molar-refractivity contribution in [3.8, 4) is 0 Å². The zero-order valence-electron chi connectivity index (χ0n) is 19.2. The highest BCUT2D eigenvalue weighted by molar-refractivity contribution is 5.85. The molecule has 1 aliphatic rings. The summed E-state index contributed by atoms with van der Waals surface area (Å²) in [6.07, 6.45) is 2.01. The topological polar surface area (TPSA) is 88.9 Å². The number of ether oxygens (including phenoxy) is 1. The zero-order chi connectivity index (χ0) is 22.9. The lowest BCUT2D eigenvalue weighted by molar-refractivity contribution is 0.181. The highest BCUT2D eigenvalue weighted by Gasteiger charge is 2.33. The van der Waals surface area contributed by atoms with Gasteiger partial charge in [-0.2, -0.15) is 0 Å². The molecule has 1 aliphatic heterocycles. The number of pyridine rings is 1. The largest absolute Gasteiger partial charge is 0.383 e. The number of para-hydroxylation sites is 1. The Morgan fingerprint density at radius 3 is 2.82 bits per heavy atom. The zero-order valence-corrected chi connectivity index (χ0v) is 19.2. The Balaban J connectivity index is 1.74. The Bertz CT molecular complexity index is 1360. The number of nitrogens with zero attached hydrogens (tertiary/aromatic N) is 5. The first-order valence-corrected chi connectivity index (χ1v) is 11.3. The van der Waals surface area contributed by atoms with Crippen LogP contribution in [0.25, 0.3) is 10.9 Å². The maximum atomic E-state index is 13.5. The van der Waals surface area contributed by atoms with Crippen LogP contribution in [0, 0.1) is 13.8 Å². The van der Waals surface area contributed by atoms with E-state index in [2.05, 4.69) is 56.6 Å². The summed E-state index contributed by atoms with van der Waals surface area (Å²) in [6, 6.07) is 14.1. The lowest BCUT2D eigenvalue weighted by Gasteiger charge is -2.37. The first kappa shape index (κ1) is 21.3. The van der Waals surface area contributed by atoms with Crippen LogP contribution < -0.4 is 10.5 Å². The summed E-state index contributed by atoms with van der Waals surface area (Å²) < 4.78 is 7.02. The number of nitrogens with one attached hydrogen (secondary N) is 1. The van der Waals surface area contributed by atoms with E-state index in [4.69, 9.17) is 4.74 Å². The Morgan fingerprint density at radius 2 is 1.97 bits per heavy atom. The van der Waals surface area contributed by atoms with E-state index < -0.39 is 6.04 Å². The van der Waals surface area contributed by atoms with E-state index in [1.807, 2.05) is 25.1 Å². The summed E-state index contributed by atoms with van der Waals surface area (Å²) in [5.41, 5.74) is 5.95. The molecule has 0 amide bonds. The molecule has 0 spiro atoms. The summed E-state index contributed by atoms with van der Waals surface area (Å²) in [7, 11) is 1.65. The number of anilines is 1. The van der Waals surface area contributed by atoms with E-state index in [1.54, 1.807) is 11.8 Å². The van der Waals surface area contributed by atoms with Crippen molar-refractivity contribution in [3.05, 3.63) is 80.9 Å². The molecule has 3 heterocycles. The Morgan fingerprint density at radius 1 is 1.15 bits per heavy atom. The molecule has 0 radical (unpaired) electrons. The molecule has 0 saturated carbocycles. The average Bonchev–Trinajstić information content (AvgIpc) is 3.29. The van der Waals surface area contributed by atoms with Gasteiger partial charge in [-0.25, -0.2) is 4.68 Å². The minimum Gasteiger partial charge on any atom is -0.383 e. The lowest BCUT2D eigenvalue weighted by atomic mass is 9.95. The standard InChI is InChI=1S/C25H28N6O2/c1-16-10-11-17(2)22-19(16)15-20(25(32)26-22)23(24-27-28-29-31(24)13-14-33-3)30-12-6-8-18-7-4-5-9-21(18)30/h4-5,7,9-11,15,23H,6,8,12-14H2,1-3H3,(H,26,32). The smallest absolute Gasteiger partial charge is 0.254 e. The monoisotopic (exact) mass is 444 g/mol. The molecule has 5 rings (SSSR count). The van der Waals surface area contributed by atoms with Gasteiger partial charge >= 0.3 is 0 Å². The molecule has 1 atom stereocenters. The number of benzene rings is 2. The van der Waals surface area contributed by atoms with Gasteiger partial charge in [0.25, 0.3) is 5.56 Å². The number of methoxy groups -OCH3 is 1. The molecule has 1 unspecified atom stereocenters. The molecular formula is C25H28N6O2. The molecule has 0 fully saturated rings. The molecule has 4 aromatic rings. The number of hydrogen-bond acceptors (Lipinski definition) is 6. The number of hydrogen-bond donors (Lipinski definition) is 1. The molecule has 0 bridgehead atoms. The maximum absolute atomic E-state index is 13.5. The molecule has 0 aliphatic carbocycles. The van der Waals surface area contributed by atoms with Crippen molar-refractivity contribution in [1.82, 2.24) is 25.2 Å². The van der Waals surface area contributed by atoms with E-state index in [0.717, 1.165) is 47.1 Å². The van der Waals surface area contributed by atoms with Crippen LogP contribution in [-0.2, 0) is 17.7 Å². The quantitative estimate of drug-likeness (QED) is 0.491. The fourth-order valence-corrected chi connectivity index (χ4v) is 4.82. The van der Waals surface area contributed by atoms with Crippen LogP contribution in [0.5, 0.6) is 0 Å². The lowest BCUT2D eigenvalue weighted by Crippen LogP contribution is -2.38. The molecule has 8 nitrogen and oxygen atoms in total. The minimum atomic E-state index is -0.425. The fraction of sp³-hybridized carbons (Fsp3) is 0.360. The second-order valence-corrected chi connectivity index (χ2v) is 8.62. The van der Waals surface area contributed by atoms with Crippen molar-refractivity contribution in [2.75, 3.05) is 25.2 Å². The van der Waals surface area contributed by atoms with Crippen LogP contribution in [0.2, 0.25) is 0 Å². The van der Waals surface area contributed by atoms with Gasteiger partial charge in [-0.3, -0.25) is 4.79 Å². The van der Waals surface area contributed by atoms with Gasteiger partial charge in [0, 0.05) is 30.3 Å². The van der Waals surface area contributed by atoms with E-state index in [1.165, 1.54) is 5.56 Å². The first-order valence-electron chi connectivity index (χ1n) is 11.3. The van der Waals surface area contributed by atoms with Gasteiger partial charge in [0.2, 0.25) is 0 Å². The van der Waals surface area contributed by atoms with Crippen molar-refractivity contribution < 1.29 is 4.74 Å². The van der Waals surface area contributed by atoms with Crippen molar-refractivity contribution >= 4 is 16.6 Å². The fourth-order valence-electron chi connectivity index (χ4n) is 4.82. The number of tetrazole rings is 1. The van der Waals surface area contributed by atoms with Gasteiger partial charge in [-0.1, -0.05) is 30.3 Å². The van der Waals surface area contributed by atoms with E-state index in [0.29, 0.717) is 24.5 Å². The van der Waals surface area contributed by atoms with Gasteiger partial charge in [-0.05, 0) is 65.9 Å². The van der Waals surface area contributed by atoms with Crippen LogP contribution in [0.3, 0.4) is 0 Å².